The molecule has 10 heteroatoms. The molecular formula is C30H32N4O6. The number of para-hydroxylation sites is 1. The average Bonchev–Trinajstić information content (AvgIpc) is 3.60. The highest BCUT2D eigenvalue weighted by atomic mass is 16.7. The van der Waals surface area contributed by atoms with Gasteiger partial charge < -0.3 is 35.5 Å². The molecule has 0 aromatic heterocycles. The number of hydrogen-bond donors (Lipinski definition) is 3. The van der Waals surface area contributed by atoms with Crippen molar-refractivity contribution in [2.45, 2.75) is 24.7 Å². The molecule has 2 aliphatic heterocycles. The number of ether oxygens (including phenoxy) is 3. The minimum atomic E-state index is -1.01. The minimum absolute atomic E-state index is 0.114. The normalized spacial score (nSPS) is 17.5. The maximum absolute atomic E-state index is 13.2. The monoisotopic (exact) mass is 544 g/mol. The lowest BCUT2D eigenvalue weighted by Gasteiger charge is -2.24. The number of amides is 3. The van der Waals surface area contributed by atoms with Crippen LogP contribution in [0.3, 0.4) is 0 Å². The van der Waals surface area contributed by atoms with Gasteiger partial charge in [0.15, 0.2) is 5.79 Å². The molecule has 0 unspecified atom stereocenters. The fourth-order valence-electron chi connectivity index (χ4n) is 4.83. The van der Waals surface area contributed by atoms with Gasteiger partial charge in [-0.15, -0.1) is 0 Å². The predicted octanol–water partition coefficient (Wildman–Crippen LogP) is 2.49. The number of likely N-dealkylation sites (tertiary alicyclic amines) is 1. The molecule has 0 aliphatic carbocycles. The number of nitrogens with two attached hydrogens (primary N) is 1. The smallest absolute Gasteiger partial charge is 0.251 e. The Morgan fingerprint density at radius 1 is 0.900 bits per heavy atom. The Bertz CT molecular complexity index is 1320. The molecule has 0 radical (unpaired) electrons. The second kappa shape index (κ2) is 12.2. The van der Waals surface area contributed by atoms with Crippen LogP contribution in [0.4, 0.5) is 5.69 Å². The second-order valence-corrected chi connectivity index (χ2v) is 9.75. The quantitative estimate of drug-likeness (QED) is 0.353. The summed E-state index contributed by atoms with van der Waals surface area (Å²) in [5, 5.41) is 5.58. The highest BCUT2D eigenvalue weighted by Crippen LogP contribution is 2.35. The number of nitrogens with zero attached hydrogens (tertiary/aromatic N) is 1. The van der Waals surface area contributed by atoms with Crippen LogP contribution in [0.5, 0.6) is 11.5 Å². The Kier molecular flexibility index (Phi) is 8.28. The van der Waals surface area contributed by atoms with Crippen molar-refractivity contribution in [3.8, 4) is 11.5 Å². The van der Waals surface area contributed by atoms with Gasteiger partial charge in [0, 0.05) is 24.2 Å². The van der Waals surface area contributed by atoms with Gasteiger partial charge in [0.2, 0.25) is 11.8 Å². The van der Waals surface area contributed by atoms with E-state index in [9.17, 15) is 14.4 Å². The maximum atomic E-state index is 13.2. The van der Waals surface area contributed by atoms with Crippen LogP contribution >= 0.6 is 0 Å². The first kappa shape index (κ1) is 27.2. The number of benzene rings is 3. The molecule has 2 aliphatic rings. The lowest BCUT2D eigenvalue weighted by Crippen LogP contribution is -2.49. The summed E-state index contributed by atoms with van der Waals surface area (Å²) in [5.74, 6) is -0.831. The van der Waals surface area contributed by atoms with Crippen LogP contribution < -0.4 is 21.1 Å². The van der Waals surface area contributed by atoms with Crippen molar-refractivity contribution < 1.29 is 28.6 Å². The predicted molar refractivity (Wildman–Crippen MR) is 148 cm³/mol. The largest absolute Gasteiger partial charge is 0.457 e. The number of anilines is 1. The number of hydrogen-bond acceptors (Lipinski definition) is 7. The summed E-state index contributed by atoms with van der Waals surface area (Å²) in [6.07, 6.45) is 0.847. The summed E-state index contributed by atoms with van der Waals surface area (Å²) < 4.78 is 17.3. The van der Waals surface area contributed by atoms with E-state index in [0.717, 1.165) is 5.56 Å². The van der Waals surface area contributed by atoms with Crippen molar-refractivity contribution in [2.24, 2.45) is 0 Å². The lowest BCUT2D eigenvalue weighted by atomic mass is 10.1. The molecule has 1 atom stereocenters. The van der Waals surface area contributed by atoms with Gasteiger partial charge in [0.1, 0.15) is 17.5 Å². The fraction of sp³-hybridized carbons (Fsp3) is 0.300. The van der Waals surface area contributed by atoms with Gasteiger partial charge in [0.05, 0.1) is 26.3 Å². The summed E-state index contributed by atoms with van der Waals surface area (Å²) in [6.45, 7) is 1.04. The molecule has 0 saturated carbocycles. The molecule has 10 nitrogen and oxygen atoms in total. The molecule has 2 saturated heterocycles. The van der Waals surface area contributed by atoms with Crippen molar-refractivity contribution in [2.75, 3.05) is 38.6 Å². The Morgan fingerprint density at radius 2 is 1.57 bits per heavy atom. The SMILES string of the molecule is Nc1ccc(CCNC(=O)[C@@H]2CC3(CN2C(=O)CNC(=O)c2ccc(Oc4ccccc4)cc2)OCCO3)cc1. The van der Waals surface area contributed by atoms with E-state index in [1.807, 2.05) is 54.6 Å². The molecule has 3 amide bonds. The lowest BCUT2D eigenvalue weighted by molar-refractivity contribution is -0.152. The molecule has 4 N–H and O–H groups in total. The number of nitrogens with one attached hydrogen (secondary N) is 2. The first-order chi connectivity index (χ1) is 19.4. The summed E-state index contributed by atoms with van der Waals surface area (Å²) in [6, 6.07) is 22.6. The highest BCUT2D eigenvalue weighted by molar-refractivity contribution is 5.97. The first-order valence-corrected chi connectivity index (χ1v) is 13.2. The third-order valence-corrected chi connectivity index (χ3v) is 6.92. The van der Waals surface area contributed by atoms with Crippen LogP contribution in [-0.2, 0) is 25.5 Å². The molecule has 40 heavy (non-hydrogen) atoms. The zero-order valence-corrected chi connectivity index (χ0v) is 22.0. The van der Waals surface area contributed by atoms with Crippen LogP contribution in [0.15, 0.2) is 78.9 Å². The van der Waals surface area contributed by atoms with E-state index in [0.29, 0.717) is 48.9 Å². The average molecular weight is 545 g/mol. The molecule has 2 fully saturated rings. The van der Waals surface area contributed by atoms with Gasteiger partial charge in [0.25, 0.3) is 5.91 Å². The Hall–Kier alpha value is -4.41. The first-order valence-electron chi connectivity index (χ1n) is 13.2. The summed E-state index contributed by atoms with van der Waals surface area (Å²) in [4.78, 5) is 40.5. The second-order valence-electron chi connectivity index (χ2n) is 9.75. The molecule has 3 aromatic carbocycles. The van der Waals surface area contributed by atoms with Gasteiger partial charge in [-0.2, -0.15) is 0 Å². The van der Waals surface area contributed by atoms with E-state index in [2.05, 4.69) is 10.6 Å². The van der Waals surface area contributed by atoms with E-state index in [4.69, 9.17) is 19.9 Å². The van der Waals surface area contributed by atoms with Crippen molar-refractivity contribution in [3.05, 3.63) is 90.0 Å². The third kappa shape index (κ3) is 6.59. The summed E-state index contributed by atoms with van der Waals surface area (Å²) in [7, 11) is 0. The zero-order valence-electron chi connectivity index (χ0n) is 22.0. The van der Waals surface area contributed by atoms with Crippen molar-refractivity contribution in [1.29, 1.82) is 0 Å². The summed E-state index contributed by atoms with van der Waals surface area (Å²) in [5.41, 5.74) is 7.83. The molecular weight excluding hydrogens is 512 g/mol. The topological polar surface area (TPSA) is 132 Å². The van der Waals surface area contributed by atoms with Gasteiger partial charge >= 0.3 is 0 Å². The van der Waals surface area contributed by atoms with Crippen LogP contribution in [0.25, 0.3) is 0 Å². The van der Waals surface area contributed by atoms with Crippen LogP contribution in [-0.4, -0.2) is 67.3 Å². The summed E-state index contributed by atoms with van der Waals surface area (Å²) >= 11 is 0. The number of carbonyl (C=O) groups is 3. The Morgan fingerprint density at radius 3 is 2.27 bits per heavy atom. The Balaban J connectivity index is 1.16. The molecule has 5 rings (SSSR count). The maximum Gasteiger partial charge on any atom is 0.251 e. The van der Waals surface area contributed by atoms with Crippen LogP contribution in [0.2, 0.25) is 0 Å². The number of carbonyl (C=O) groups excluding carboxylic acids is 3. The molecule has 2 heterocycles. The minimum Gasteiger partial charge on any atom is -0.457 e. The van der Waals surface area contributed by atoms with E-state index < -0.39 is 23.6 Å². The van der Waals surface area contributed by atoms with E-state index in [1.54, 1.807) is 24.3 Å². The molecule has 3 aromatic rings. The Labute approximate surface area is 232 Å². The van der Waals surface area contributed by atoms with Crippen molar-refractivity contribution in [3.63, 3.8) is 0 Å². The highest BCUT2D eigenvalue weighted by Gasteiger charge is 2.52. The van der Waals surface area contributed by atoms with E-state index in [-0.39, 0.29) is 25.4 Å². The van der Waals surface area contributed by atoms with E-state index in [1.165, 1.54) is 4.90 Å². The van der Waals surface area contributed by atoms with Crippen LogP contribution in [0.1, 0.15) is 22.3 Å². The molecule has 0 bridgehead atoms. The molecule has 208 valence electrons. The van der Waals surface area contributed by atoms with Crippen molar-refractivity contribution in [1.82, 2.24) is 15.5 Å². The number of nitrogen functional groups attached to an aromatic ring is 1. The third-order valence-electron chi connectivity index (χ3n) is 6.92. The fourth-order valence-corrected chi connectivity index (χ4v) is 4.83. The van der Waals surface area contributed by atoms with Gasteiger partial charge in [-0.1, -0.05) is 30.3 Å². The van der Waals surface area contributed by atoms with Gasteiger partial charge in [-0.05, 0) is 60.5 Å². The zero-order chi connectivity index (χ0) is 28.0. The van der Waals surface area contributed by atoms with Gasteiger partial charge in [-0.3, -0.25) is 14.4 Å². The molecule has 1 spiro atoms. The number of rotatable bonds is 9. The van der Waals surface area contributed by atoms with Crippen LogP contribution in [0, 0.1) is 0 Å². The van der Waals surface area contributed by atoms with Crippen molar-refractivity contribution >= 4 is 23.4 Å². The standard InChI is InChI=1S/C30H32N4O6/c31-23-10-6-21(7-11-23)14-15-32-29(37)26-18-30(38-16-17-39-30)20-34(26)27(35)19-33-28(36)22-8-12-25(13-9-22)40-24-4-2-1-3-5-24/h1-13,26H,14-20,31H2,(H,32,37)(H,33,36)/t26-/m0/s1. The van der Waals surface area contributed by atoms with E-state index >= 15 is 0 Å². The van der Waals surface area contributed by atoms with Gasteiger partial charge in [-0.25, -0.2) is 0 Å².